The number of nitrogens with zero attached hydrogens (tertiary/aromatic N) is 5. The monoisotopic (exact) mass is 349 g/mol. The maximum Gasteiger partial charge on any atom is 0.239 e. The first-order valence-electron chi connectivity index (χ1n) is 8.11. The summed E-state index contributed by atoms with van der Waals surface area (Å²) >= 11 is 1.62. The minimum absolute atomic E-state index is 0.0332. The van der Waals surface area contributed by atoms with E-state index in [0.29, 0.717) is 11.8 Å². The van der Waals surface area contributed by atoms with Crippen LogP contribution in [0.3, 0.4) is 0 Å². The Bertz CT molecular complexity index is 1060. The van der Waals surface area contributed by atoms with Gasteiger partial charge < -0.3 is 9.32 Å². The van der Waals surface area contributed by atoms with Crippen LogP contribution in [0, 0.1) is 6.92 Å². The van der Waals surface area contributed by atoms with Gasteiger partial charge in [0, 0.05) is 19.9 Å². The van der Waals surface area contributed by atoms with Crippen molar-refractivity contribution in [3.63, 3.8) is 0 Å². The third kappa shape index (κ3) is 2.39. The Morgan fingerprint density at radius 3 is 2.84 bits per heavy atom. The second-order valence-corrected chi connectivity index (χ2v) is 7.01. The van der Waals surface area contributed by atoms with Gasteiger partial charge >= 0.3 is 0 Å². The molecule has 0 N–H and O–H groups in total. The molecule has 0 radical (unpaired) electrons. The van der Waals surface area contributed by atoms with Crippen molar-refractivity contribution in [3.05, 3.63) is 64.9 Å². The van der Waals surface area contributed by atoms with E-state index < -0.39 is 0 Å². The molecule has 0 saturated carbocycles. The highest BCUT2D eigenvalue weighted by Gasteiger charge is 2.33. The summed E-state index contributed by atoms with van der Waals surface area (Å²) in [6, 6.07) is 10.5. The van der Waals surface area contributed by atoms with E-state index in [0.717, 1.165) is 29.0 Å². The molecule has 1 atom stereocenters. The first kappa shape index (κ1) is 14.5. The molecule has 4 heterocycles. The van der Waals surface area contributed by atoms with Crippen LogP contribution in [0.4, 0.5) is 5.82 Å². The molecular weight excluding hydrogens is 334 g/mol. The number of rotatable bonds is 2. The number of aryl methyl sites for hydroxylation is 1. The lowest BCUT2D eigenvalue weighted by molar-refractivity contribution is 0.403. The Balaban J connectivity index is 1.68. The molecule has 1 aliphatic rings. The van der Waals surface area contributed by atoms with Gasteiger partial charge in [-0.2, -0.15) is 0 Å². The molecule has 0 saturated heterocycles. The summed E-state index contributed by atoms with van der Waals surface area (Å²) < 4.78 is 5.78. The molecule has 25 heavy (non-hydrogen) atoms. The van der Waals surface area contributed by atoms with Gasteiger partial charge in [0.25, 0.3) is 0 Å². The van der Waals surface area contributed by atoms with Crippen molar-refractivity contribution in [2.45, 2.75) is 25.9 Å². The molecule has 7 heteroatoms. The Hall–Kier alpha value is -2.80. The molecule has 1 aliphatic heterocycles. The summed E-state index contributed by atoms with van der Waals surface area (Å²) in [5.41, 5.74) is 2.62. The van der Waals surface area contributed by atoms with E-state index >= 15 is 0 Å². The zero-order valence-electron chi connectivity index (χ0n) is 13.6. The van der Waals surface area contributed by atoms with Gasteiger partial charge in [-0.1, -0.05) is 24.3 Å². The van der Waals surface area contributed by atoms with Crippen LogP contribution in [-0.4, -0.2) is 20.2 Å². The van der Waals surface area contributed by atoms with E-state index in [4.69, 9.17) is 4.42 Å². The molecular formula is C18H15N5OS. The van der Waals surface area contributed by atoms with Crippen LogP contribution >= 0.6 is 11.3 Å². The largest absolute Gasteiger partial charge is 0.423 e. The lowest BCUT2D eigenvalue weighted by atomic mass is 9.93. The van der Waals surface area contributed by atoms with E-state index in [9.17, 15) is 0 Å². The van der Waals surface area contributed by atoms with Crippen LogP contribution in [0.15, 0.2) is 46.5 Å². The Kier molecular flexibility index (Phi) is 3.27. The van der Waals surface area contributed by atoms with Crippen molar-refractivity contribution >= 4 is 27.4 Å². The van der Waals surface area contributed by atoms with Crippen LogP contribution in [0.25, 0.3) is 10.2 Å². The lowest BCUT2D eigenvalue weighted by Crippen LogP contribution is -2.35. The van der Waals surface area contributed by atoms with Gasteiger partial charge in [-0.05, 0) is 22.6 Å². The van der Waals surface area contributed by atoms with Gasteiger partial charge in [-0.25, -0.2) is 9.97 Å². The average molecular weight is 349 g/mol. The first-order valence-corrected chi connectivity index (χ1v) is 8.99. The van der Waals surface area contributed by atoms with E-state index in [2.05, 4.69) is 55.4 Å². The summed E-state index contributed by atoms with van der Waals surface area (Å²) in [7, 11) is 0. The molecule has 0 spiro atoms. The number of thiophene rings is 1. The Morgan fingerprint density at radius 1 is 1.12 bits per heavy atom. The molecule has 6 nitrogen and oxygen atoms in total. The molecule has 4 aromatic rings. The second kappa shape index (κ2) is 5.63. The van der Waals surface area contributed by atoms with Gasteiger partial charge in [0.05, 0.1) is 5.39 Å². The normalized spacial score (nSPS) is 17.0. The van der Waals surface area contributed by atoms with E-state index in [-0.39, 0.29) is 6.04 Å². The Labute approximate surface area is 148 Å². The van der Waals surface area contributed by atoms with Gasteiger partial charge in [0.1, 0.15) is 23.0 Å². The van der Waals surface area contributed by atoms with Gasteiger partial charge in [-0.15, -0.1) is 21.5 Å². The number of benzene rings is 1. The third-order valence-electron chi connectivity index (χ3n) is 4.59. The zero-order chi connectivity index (χ0) is 16.8. The third-order valence-corrected chi connectivity index (χ3v) is 5.41. The molecule has 5 rings (SSSR count). The van der Waals surface area contributed by atoms with Gasteiger partial charge in [-0.3, -0.25) is 0 Å². The smallest absolute Gasteiger partial charge is 0.239 e. The predicted molar refractivity (Wildman–Crippen MR) is 95.5 cm³/mol. The summed E-state index contributed by atoms with van der Waals surface area (Å²) in [5.74, 6) is 2.13. The maximum absolute atomic E-state index is 5.78. The van der Waals surface area contributed by atoms with E-state index in [1.54, 1.807) is 17.7 Å². The number of hydrogen-bond donors (Lipinski definition) is 0. The van der Waals surface area contributed by atoms with Crippen molar-refractivity contribution < 1.29 is 4.42 Å². The van der Waals surface area contributed by atoms with E-state index in [1.807, 2.05) is 12.3 Å². The highest BCUT2D eigenvalue weighted by molar-refractivity contribution is 7.16. The predicted octanol–water partition coefficient (Wildman–Crippen LogP) is 3.69. The van der Waals surface area contributed by atoms with Crippen LogP contribution in [0.2, 0.25) is 0 Å². The number of anilines is 1. The van der Waals surface area contributed by atoms with Crippen LogP contribution in [-0.2, 0) is 13.0 Å². The molecule has 3 aromatic heterocycles. The van der Waals surface area contributed by atoms with E-state index in [1.165, 1.54) is 11.1 Å². The minimum atomic E-state index is -0.0332. The number of aromatic nitrogens is 4. The highest BCUT2D eigenvalue weighted by Crippen LogP contribution is 2.38. The standard InChI is InChI=1S/C18H15N5OS/c1-11-21-22-17(24-11)15-8-12-4-2-3-5-13(12)9-23(15)16-14-6-7-25-18(14)20-10-19-16/h2-7,10,15H,8-9H2,1H3. The topological polar surface area (TPSA) is 67.9 Å². The maximum atomic E-state index is 5.78. The first-order chi connectivity index (χ1) is 12.3. The molecule has 0 bridgehead atoms. The summed E-state index contributed by atoms with van der Waals surface area (Å²) in [6.45, 7) is 2.57. The molecule has 124 valence electrons. The molecule has 1 aromatic carbocycles. The summed E-state index contributed by atoms with van der Waals surface area (Å²) in [5, 5.41) is 11.4. The number of fused-ring (bicyclic) bond motifs is 2. The highest BCUT2D eigenvalue weighted by atomic mass is 32.1. The fraction of sp³-hybridized carbons (Fsp3) is 0.222. The molecule has 0 aliphatic carbocycles. The molecule has 1 unspecified atom stereocenters. The fourth-order valence-corrected chi connectivity index (χ4v) is 4.15. The minimum Gasteiger partial charge on any atom is -0.423 e. The molecule has 0 fully saturated rings. The van der Waals surface area contributed by atoms with Crippen molar-refractivity contribution in [2.24, 2.45) is 0 Å². The van der Waals surface area contributed by atoms with Gasteiger partial charge in [0.15, 0.2) is 0 Å². The average Bonchev–Trinajstić information content (AvgIpc) is 3.29. The summed E-state index contributed by atoms with van der Waals surface area (Å²) in [4.78, 5) is 12.2. The molecule has 0 amide bonds. The number of hydrogen-bond acceptors (Lipinski definition) is 7. The van der Waals surface area contributed by atoms with Gasteiger partial charge in [0.2, 0.25) is 11.8 Å². The van der Waals surface area contributed by atoms with Crippen molar-refractivity contribution in [2.75, 3.05) is 4.90 Å². The summed E-state index contributed by atoms with van der Waals surface area (Å²) in [6.07, 6.45) is 2.44. The quantitative estimate of drug-likeness (QED) is 0.550. The van der Waals surface area contributed by atoms with Crippen LogP contribution < -0.4 is 4.90 Å². The fourth-order valence-electron chi connectivity index (χ4n) is 3.42. The van der Waals surface area contributed by atoms with Crippen LogP contribution in [0.1, 0.15) is 29.0 Å². The second-order valence-electron chi connectivity index (χ2n) is 6.11. The zero-order valence-corrected chi connectivity index (χ0v) is 14.4. The van der Waals surface area contributed by atoms with Crippen molar-refractivity contribution in [3.8, 4) is 0 Å². The SMILES string of the molecule is Cc1nnc(C2Cc3ccccc3CN2c2ncnc3sccc23)o1. The van der Waals surface area contributed by atoms with Crippen molar-refractivity contribution in [1.29, 1.82) is 0 Å². The van der Waals surface area contributed by atoms with Crippen LogP contribution in [0.5, 0.6) is 0 Å². The lowest BCUT2D eigenvalue weighted by Gasteiger charge is -2.36. The van der Waals surface area contributed by atoms with Crippen molar-refractivity contribution in [1.82, 2.24) is 20.2 Å². The Morgan fingerprint density at radius 2 is 2.00 bits per heavy atom.